The van der Waals surface area contributed by atoms with Gasteiger partial charge in [0, 0.05) is 38.2 Å². The van der Waals surface area contributed by atoms with Crippen LogP contribution in [0.2, 0.25) is 0 Å². The van der Waals surface area contributed by atoms with E-state index in [0.717, 1.165) is 53.8 Å². The summed E-state index contributed by atoms with van der Waals surface area (Å²) in [4.78, 5) is 20.5. The van der Waals surface area contributed by atoms with Crippen molar-refractivity contribution in [2.24, 2.45) is 22.9 Å². The lowest BCUT2D eigenvalue weighted by atomic mass is 9.55. The number of aliphatic hydroxyl groups is 2. The van der Waals surface area contributed by atoms with Gasteiger partial charge in [-0.2, -0.15) is 0 Å². The summed E-state index contributed by atoms with van der Waals surface area (Å²) < 4.78 is 25.6. The summed E-state index contributed by atoms with van der Waals surface area (Å²) in [6.07, 6.45) is 8.66. The van der Waals surface area contributed by atoms with Gasteiger partial charge in [-0.3, -0.25) is 0 Å². The van der Waals surface area contributed by atoms with E-state index in [9.17, 15) is 15.0 Å². The Labute approximate surface area is 296 Å². The molecule has 1 fully saturated rings. The van der Waals surface area contributed by atoms with Crippen LogP contribution in [-0.2, 0) is 14.3 Å². The summed E-state index contributed by atoms with van der Waals surface area (Å²) in [5, 5.41) is 24.2. The number of hydrogen-bond acceptors (Lipinski definition) is 9. The molecule has 1 saturated carbocycles. The molecule has 10 heteroatoms. The highest BCUT2D eigenvalue weighted by Crippen LogP contribution is 2.62. The number of nitrogens with zero attached hydrogens (tertiary/aromatic N) is 2. The number of aliphatic hydroxyl groups excluding tert-OH is 2. The maximum absolute atomic E-state index is 13.2. The van der Waals surface area contributed by atoms with Crippen LogP contribution in [0.15, 0.2) is 65.9 Å². The number of aryl methyl sites for hydroxylation is 2. The van der Waals surface area contributed by atoms with Crippen molar-refractivity contribution in [2.45, 2.75) is 83.5 Å². The number of ether oxygens (including phenoxy) is 4. The van der Waals surface area contributed by atoms with Crippen molar-refractivity contribution in [2.75, 3.05) is 40.6 Å². The Hall–Kier alpha value is -3.86. The lowest BCUT2D eigenvalue weighted by Gasteiger charge is -2.59. The number of carbonyl (C=O) groups excluding carboxylic acids is 1. The minimum absolute atomic E-state index is 0.119. The topological polar surface area (TPSA) is 119 Å². The molecule has 1 heterocycles. The zero-order valence-corrected chi connectivity index (χ0v) is 30.2. The number of rotatable bonds is 16. The van der Waals surface area contributed by atoms with Crippen molar-refractivity contribution in [3.8, 4) is 17.2 Å². The molecule has 6 atom stereocenters. The highest BCUT2D eigenvalue weighted by molar-refractivity contribution is 6.02. The average Bonchev–Trinajstić information content (AvgIpc) is 3.12. The van der Waals surface area contributed by atoms with Crippen LogP contribution in [0.1, 0.15) is 74.5 Å². The fraction of sp³-hybridized carbons (Fsp3) is 0.550. The van der Waals surface area contributed by atoms with Gasteiger partial charge in [0.15, 0.2) is 0 Å². The van der Waals surface area contributed by atoms with Gasteiger partial charge < -0.3 is 38.9 Å². The fourth-order valence-electron chi connectivity index (χ4n) is 8.12. The molecule has 2 aromatic carbocycles. The molecule has 2 N–H and O–H groups in total. The number of fused-ring (bicyclic) bond motifs is 2. The van der Waals surface area contributed by atoms with Crippen LogP contribution in [-0.4, -0.2) is 79.3 Å². The molecule has 5 rings (SSSR count). The van der Waals surface area contributed by atoms with E-state index < -0.39 is 17.9 Å². The quantitative estimate of drug-likeness (QED) is 0.106. The van der Waals surface area contributed by atoms with Crippen LogP contribution in [0.3, 0.4) is 0 Å². The summed E-state index contributed by atoms with van der Waals surface area (Å²) in [5.41, 5.74) is 5.07. The molecular formula is C40H54N2O8. The monoisotopic (exact) mass is 690 g/mol. The lowest BCUT2D eigenvalue weighted by molar-refractivity contribution is -0.253. The van der Waals surface area contributed by atoms with Crippen molar-refractivity contribution >= 4 is 11.8 Å². The van der Waals surface area contributed by atoms with Crippen molar-refractivity contribution in [1.82, 2.24) is 4.90 Å². The number of oxime groups is 1. The molecule has 0 spiro atoms. The number of methoxy groups -OCH3 is 1. The van der Waals surface area contributed by atoms with Crippen molar-refractivity contribution < 1.29 is 38.8 Å². The van der Waals surface area contributed by atoms with E-state index in [1.54, 1.807) is 18.0 Å². The summed E-state index contributed by atoms with van der Waals surface area (Å²) in [7, 11) is 3.07. The average molecular weight is 691 g/mol. The molecule has 0 saturated heterocycles. The van der Waals surface area contributed by atoms with Crippen LogP contribution in [0.25, 0.3) is 0 Å². The molecule has 10 nitrogen and oxygen atoms in total. The smallest absolute Gasteiger partial charge is 0.409 e. The molecule has 3 aliphatic rings. The van der Waals surface area contributed by atoms with Gasteiger partial charge in [-0.1, -0.05) is 36.2 Å². The van der Waals surface area contributed by atoms with E-state index in [0.29, 0.717) is 37.4 Å². The Morgan fingerprint density at radius 2 is 1.78 bits per heavy atom. The molecule has 272 valence electrons. The predicted molar refractivity (Wildman–Crippen MR) is 193 cm³/mol. The Morgan fingerprint density at radius 1 is 1.06 bits per heavy atom. The number of allylic oxidation sites excluding steroid dienone is 1. The summed E-state index contributed by atoms with van der Waals surface area (Å²) in [5.74, 6) is 0.547. The van der Waals surface area contributed by atoms with Gasteiger partial charge in [-0.25, -0.2) is 4.79 Å². The van der Waals surface area contributed by atoms with Crippen molar-refractivity contribution in [3.63, 3.8) is 0 Å². The van der Waals surface area contributed by atoms with Crippen LogP contribution in [0, 0.1) is 31.6 Å². The predicted octanol–water partition coefficient (Wildman–Crippen LogP) is 7.45. The second-order valence-corrected chi connectivity index (χ2v) is 13.6. The van der Waals surface area contributed by atoms with Crippen LogP contribution in [0.4, 0.5) is 4.79 Å². The highest BCUT2D eigenvalue weighted by Gasteiger charge is 2.65. The van der Waals surface area contributed by atoms with Crippen LogP contribution in [0.5, 0.6) is 17.2 Å². The minimum Gasteiger partial charge on any atom is -0.459 e. The Bertz CT molecular complexity index is 1560. The minimum atomic E-state index is -1.31. The van der Waals surface area contributed by atoms with Crippen LogP contribution >= 0.6 is 0 Å². The van der Waals surface area contributed by atoms with Gasteiger partial charge in [0.25, 0.3) is 0 Å². The third-order valence-corrected chi connectivity index (χ3v) is 10.6. The molecule has 2 aliphatic carbocycles. The second kappa shape index (κ2) is 16.9. The Kier molecular flexibility index (Phi) is 12.6. The first-order chi connectivity index (χ1) is 24.2. The Balaban J connectivity index is 1.75. The maximum atomic E-state index is 13.2. The zero-order valence-electron chi connectivity index (χ0n) is 30.2. The molecule has 50 heavy (non-hydrogen) atoms. The molecule has 1 amide bonds. The third-order valence-electron chi connectivity index (χ3n) is 10.6. The van der Waals surface area contributed by atoms with Gasteiger partial charge in [-0.15, -0.1) is 6.58 Å². The van der Waals surface area contributed by atoms with Gasteiger partial charge in [0.1, 0.15) is 29.9 Å². The number of benzene rings is 2. The molecule has 0 aromatic heterocycles. The van der Waals surface area contributed by atoms with Gasteiger partial charge >= 0.3 is 6.09 Å². The first kappa shape index (κ1) is 37.4. The van der Waals surface area contributed by atoms with Gasteiger partial charge in [0.05, 0.1) is 25.3 Å². The second-order valence-electron chi connectivity index (χ2n) is 13.6. The first-order valence-electron chi connectivity index (χ1n) is 18.0. The zero-order chi connectivity index (χ0) is 35.8. The number of hydrogen-bond donors (Lipinski definition) is 2. The number of carbonyl (C=O) groups is 1. The van der Waals surface area contributed by atoms with Crippen LogP contribution < -0.4 is 9.47 Å². The van der Waals surface area contributed by atoms with Crippen molar-refractivity contribution in [1.29, 1.82) is 0 Å². The summed E-state index contributed by atoms with van der Waals surface area (Å²) in [6.45, 7) is 10.8. The Morgan fingerprint density at radius 3 is 2.46 bits per heavy atom. The van der Waals surface area contributed by atoms with E-state index in [2.05, 4.69) is 43.8 Å². The van der Waals surface area contributed by atoms with Gasteiger partial charge in [-0.05, 0) is 105 Å². The third kappa shape index (κ3) is 7.57. The molecular weight excluding hydrogens is 636 g/mol. The molecule has 0 unspecified atom stereocenters. The van der Waals surface area contributed by atoms with E-state index in [1.165, 1.54) is 12.7 Å². The molecule has 0 bridgehead atoms. The lowest BCUT2D eigenvalue weighted by Crippen LogP contribution is -2.69. The normalized spacial score (nSPS) is 25.9. The fourth-order valence-corrected chi connectivity index (χ4v) is 8.12. The number of unbranched alkanes of at least 4 members (excludes halogenated alkanes) is 2. The van der Waals surface area contributed by atoms with E-state index >= 15 is 0 Å². The molecule has 0 radical (unpaired) electrons. The summed E-state index contributed by atoms with van der Waals surface area (Å²) >= 11 is 0. The van der Waals surface area contributed by atoms with Gasteiger partial charge in [0.2, 0.25) is 5.79 Å². The van der Waals surface area contributed by atoms with E-state index in [1.807, 2.05) is 31.2 Å². The number of amides is 1. The maximum Gasteiger partial charge on any atom is 0.409 e. The standard InChI is InChI=1S/C40H54N2O8/c1-7-21-47-40-36(42(5)39(45)46-6)25-34(41-48-8-2)32-23-28(13-9-11-19-43)31(14-10-12-20-44)37(38(32)40)33-24-30(17-18-35(33)50-40)49-29-16-15-26(3)27(4)22-29/h7,15-18,22-24,28,31,36-38,43-44H,1,8-14,19-21,25H2,2-6H3/t28-,31+,36-,37+,38+,40+/m0/s1. The largest absolute Gasteiger partial charge is 0.459 e. The van der Waals surface area contributed by atoms with Crippen molar-refractivity contribution in [3.05, 3.63) is 77.4 Å². The van der Waals surface area contributed by atoms with E-state index in [4.69, 9.17) is 23.8 Å². The SMILES string of the molecule is C=CCO[C@@]12Oc3ccc(Oc4ccc(C)c(C)c4)cc3[C@H]3[C@H](CCCCO)[C@@H](CCCCO)C=C(C(=NOCC)C[C@@H]1N(C)C(=O)OC)[C@H]32. The number of likely N-dealkylation sites (N-methyl/N-ethyl adjacent to an activating group) is 1. The summed E-state index contributed by atoms with van der Waals surface area (Å²) in [6, 6.07) is 11.4. The molecule has 2 aromatic rings. The first-order valence-corrected chi connectivity index (χ1v) is 18.0. The van der Waals surface area contributed by atoms with E-state index in [-0.39, 0.29) is 43.5 Å². The molecule has 1 aliphatic heterocycles. The highest BCUT2D eigenvalue weighted by atomic mass is 16.7.